The van der Waals surface area contributed by atoms with Gasteiger partial charge in [0.2, 0.25) is 5.91 Å². The van der Waals surface area contributed by atoms with Gasteiger partial charge in [0, 0.05) is 24.4 Å². The number of aromatic nitrogens is 1. The first-order chi connectivity index (χ1) is 9.20. The van der Waals surface area contributed by atoms with E-state index >= 15 is 0 Å². The van der Waals surface area contributed by atoms with Gasteiger partial charge in [-0.3, -0.25) is 14.7 Å². The third-order valence-corrected chi connectivity index (χ3v) is 3.97. The summed E-state index contributed by atoms with van der Waals surface area (Å²) in [5.41, 5.74) is 0.799. The summed E-state index contributed by atoms with van der Waals surface area (Å²) < 4.78 is 0. The standard InChI is InChI=1S/C14H19N3OS/c1-3-4-7-13(18)17-10-11(2)19-14(17)16-12-6-5-8-15-9-12/h5-6,8-9,11H,3-4,7,10H2,1-2H3. The second-order valence-corrected chi connectivity index (χ2v) is 6.05. The lowest BCUT2D eigenvalue weighted by Gasteiger charge is -2.15. The van der Waals surface area contributed by atoms with Crippen LogP contribution in [0.1, 0.15) is 33.1 Å². The van der Waals surface area contributed by atoms with Crippen molar-refractivity contribution in [1.29, 1.82) is 0 Å². The van der Waals surface area contributed by atoms with Crippen LogP contribution in [0.5, 0.6) is 0 Å². The third-order valence-electron chi connectivity index (χ3n) is 2.89. The second-order valence-electron chi connectivity index (χ2n) is 4.64. The van der Waals surface area contributed by atoms with Crippen molar-refractivity contribution in [2.75, 3.05) is 6.54 Å². The highest BCUT2D eigenvalue weighted by molar-refractivity contribution is 8.14. The molecule has 0 aliphatic carbocycles. The number of hydrogen-bond acceptors (Lipinski definition) is 4. The number of amides is 1. The topological polar surface area (TPSA) is 45.6 Å². The highest BCUT2D eigenvalue weighted by atomic mass is 32.2. The van der Waals surface area contributed by atoms with E-state index in [0.29, 0.717) is 11.7 Å². The molecule has 102 valence electrons. The molecule has 1 aromatic heterocycles. The fourth-order valence-electron chi connectivity index (χ4n) is 1.90. The fraction of sp³-hybridized carbons (Fsp3) is 0.500. The summed E-state index contributed by atoms with van der Waals surface area (Å²) in [5, 5.41) is 1.21. The maximum absolute atomic E-state index is 12.2. The molecule has 1 aliphatic rings. The van der Waals surface area contributed by atoms with Crippen molar-refractivity contribution in [2.45, 2.75) is 38.4 Å². The second kappa shape index (κ2) is 6.70. The van der Waals surface area contributed by atoms with E-state index in [1.165, 1.54) is 0 Å². The molecular weight excluding hydrogens is 258 g/mol. The smallest absolute Gasteiger partial charge is 0.228 e. The highest BCUT2D eigenvalue weighted by Gasteiger charge is 2.30. The third kappa shape index (κ3) is 3.80. The van der Waals surface area contributed by atoms with E-state index in [4.69, 9.17) is 0 Å². The van der Waals surface area contributed by atoms with Crippen LogP contribution in [0.4, 0.5) is 5.69 Å². The Morgan fingerprint density at radius 2 is 2.47 bits per heavy atom. The van der Waals surface area contributed by atoms with Crippen LogP contribution in [-0.4, -0.2) is 32.8 Å². The molecule has 1 saturated heterocycles. The lowest BCUT2D eigenvalue weighted by Crippen LogP contribution is -2.32. The zero-order chi connectivity index (χ0) is 13.7. The van der Waals surface area contributed by atoms with Gasteiger partial charge in [0.1, 0.15) is 0 Å². The fourth-order valence-corrected chi connectivity index (χ4v) is 2.95. The Kier molecular flexibility index (Phi) is 4.96. The molecule has 1 aromatic rings. The maximum atomic E-state index is 12.2. The number of nitrogens with zero attached hydrogens (tertiary/aromatic N) is 3. The maximum Gasteiger partial charge on any atom is 0.228 e. The lowest BCUT2D eigenvalue weighted by atomic mass is 10.2. The van der Waals surface area contributed by atoms with Crippen LogP contribution in [0.2, 0.25) is 0 Å². The van der Waals surface area contributed by atoms with Gasteiger partial charge in [-0.25, -0.2) is 4.99 Å². The Morgan fingerprint density at radius 1 is 1.63 bits per heavy atom. The SMILES string of the molecule is CCCCC(=O)N1CC(C)SC1=Nc1cccnc1. The van der Waals surface area contributed by atoms with Crippen LogP contribution < -0.4 is 0 Å². The summed E-state index contributed by atoms with van der Waals surface area (Å²) in [6, 6.07) is 3.75. The molecule has 1 unspecified atom stereocenters. The van der Waals surface area contributed by atoms with Crippen molar-refractivity contribution in [1.82, 2.24) is 9.88 Å². The van der Waals surface area contributed by atoms with E-state index in [2.05, 4.69) is 23.8 Å². The monoisotopic (exact) mass is 277 g/mol. The molecule has 5 heteroatoms. The molecule has 4 nitrogen and oxygen atoms in total. The Morgan fingerprint density at radius 3 is 3.16 bits per heavy atom. The molecule has 1 aliphatic heterocycles. The number of unbranched alkanes of at least 4 members (excludes halogenated alkanes) is 1. The number of hydrogen-bond donors (Lipinski definition) is 0. The number of pyridine rings is 1. The van der Waals surface area contributed by atoms with Gasteiger partial charge in [-0.05, 0) is 18.6 Å². The number of thioether (sulfide) groups is 1. The van der Waals surface area contributed by atoms with Crippen LogP contribution in [-0.2, 0) is 4.79 Å². The Hall–Kier alpha value is -1.36. The molecule has 0 radical (unpaired) electrons. The number of carbonyl (C=O) groups excluding carboxylic acids is 1. The first-order valence-corrected chi connectivity index (χ1v) is 7.54. The zero-order valence-electron chi connectivity index (χ0n) is 11.4. The summed E-state index contributed by atoms with van der Waals surface area (Å²) in [6.07, 6.45) is 6.02. The van der Waals surface area contributed by atoms with Gasteiger partial charge in [-0.1, -0.05) is 32.0 Å². The van der Waals surface area contributed by atoms with E-state index in [1.54, 1.807) is 24.2 Å². The number of aliphatic imine (C=N–C) groups is 1. The Labute approximate surface area is 118 Å². The van der Waals surface area contributed by atoms with Crippen LogP contribution in [0.3, 0.4) is 0 Å². The molecule has 0 N–H and O–H groups in total. The quantitative estimate of drug-likeness (QED) is 0.849. The molecule has 0 bridgehead atoms. The van der Waals surface area contributed by atoms with Crippen molar-refractivity contribution in [3.63, 3.8) is 0 Å². The average Bonchev–Trinajstić information content (AvgIpc) is 2.78. The zero-order valence-corrected chi connectivity index (χ0v) is 12.2. The molecule has 1 fully saturated rings. The minimum Gasteiger partial charge on any atom is -0.290 e. The van der Waals surface area contributed by atoms with E-state index in [0.717, 1.165) is 30.2 Å². The van der Waals surface area contributed by atoms with Gasteiger partial charge in [0.25, 0.3) is 0 Å². The normalized spacial score (nSPS) is 21.1. The van der Waals surface area contributed by atoms with Gasteiger partial charge in [-0.2, -0.15) is 0 Å². The predicted molar refractivity (Wildman–Crippen MR) is 79.6 cm³/mol. The predicted octanol–water partition coefficient (Wildman–Crippen LogP) is 3.22. The summed E-state index contributed by atoms with van der Waals surface area (Å²) in [4.78, 5) is 22.6. The Bertz CT molecular complexity index is 461. The molecule has 2 rings (SSSR count). The minimum absolute atomic E-state index is 0.182. The number of amidine groups is 1. The minimum atomic E-state index is 0.182. The van der Waals surface area contributed by atoms with Crippen molar-refractivity contribution in [3.05, 3.63) is 24.5 Å². The first-order valence-electron chi connectivity index (χ1n) is 6.66. The summed E-state index contributed by atoms with van der Waals surface area (Å²) in [7, 11) is 0. The van der Waals surface area contributed by atoms with Gasteiger partial charge < -0.3 is 0 Å². The van der Waals surface area contributed by atoms with E-state index < -0.39 is 0 Å². The molecule has 0 saturated carbocycles. The summed E-state index contributed by atoms with van der Waals surface area (Å²) >= 11 is 1.66. The molecule has 2 heterocycles. The summed E-state index contributed by atoms with van der Waals surface area (Å²) in [6.45, 7) is 4.97. The average molecular weight is 277 g/mol. The van der Waals surface area contributed by atoms with Gasteiger partial charge in [0.05, 0.1) is 11.9 Å². The highest BCUT2D eigenvalue weighted by Crippen LogP contribution is 2.28. The van der Waals surface area contributed by atoms with Crippen LogP contribution in [0.15, 0.2) is 29.5 Å². The van der Waals surface area contributed by atoms with E-state index in [1.807, 2.05) is 17.0 Å². The van der Waals surface area contributed by atoms with Crippen molar-refractivity contribution < 1.29 is 4.79 Å². The van der Waals surface area contributed by atoms with Crippen LogP contribution >= 0.6 is 11.8 Å². The van der Waals surface area contributed by atoms with Gasteiger partial charge in [0.15, 0.2) is 5.17 Å². The van der Waals surface area contributed by atoms with Crippen molar-refractivity contribution in [3.8, 4) is 0 Å². The summed E-state index contributed by atoms with van der Waals surface area (Å²) in [5.74, 6) is 0.182. The first kappa shape index (κ1) is 14.1. The van der Waals surface area contributed by atoms with Crippen LogP contribution in [0.25, 0.3) is 0 Å². The van der Waals surface area contributed by atoms with Crippen molar-refractivity contribution in [2.24, 2.45) is 4.99 Å². The molecule has 1 amide bonds. The lowest BCUT2D eigenvalue weighted by molar-refractivity contribution is -0.127. The van der Waals surface area contributed by atoms with Gasteiger partial charge >= 0.3 is 0 Å². The van der Waals surface area contributed by atoms with E-state index in [-0.39, 0.29) is 5.91 Å². The molecular formula is C14H19N3OS. The molecule has 0 spiro atoms. The Balaban J connectivity index is 2.13. The molecule has 19 heavy (non-hydrogen) atoms. The van der Waals surface area contributed by atoms with Gasteiger partial charge in [-0.15, -0.1) is 0 Å². The number of rotatable bonds is 4. The van der Waals surface area contributed by atoms with Crippen molar-refractivity contribution >= 4 is 28.5 Å². The van der Waals surface area contributed by atoms with Crippen LogP contribution in [0, 0.1) is 0 Å². The van der Waals surface area contributed by atoms with E-state index in [9.17, 15) is 4.79 Å². The largest absolute Gasteiger partial charge is 0.290 e. The molecule has 0 aromatic carbocycles. The number of carbonyl (C=O) groups is 1. The molecule has 1 atom stereocenters.